The van der Waals surface area contributed by atoms with Crippen molar-refractivity contribution in [2.24, 2.45) is 0 Å². The van der Waals surface area contributed by atoms with E-state index >= 15 is 0 Å². The molecule has 0 aliphatic heterocycles. The number of nitrogens with one attached hydrogen (secondary N) is 1. The van der Waals surface area contributed by atoms with Gasteiger partial charge in [0.2, 0.25) is 5.91 Å². The first kappa shape index (κ1) is 12.2. The van der Waals surface area contributed by atoms with Crippen LogP contribution in [0.4, 0.5) is 0 Å². The third-order valence-corrected chi connectivity index (χ3v) is 2.13. The summed E-state index contributed by atoms with van der Waals surface area (Å²) in [5.41, 5.74) is 0.708. The van der Waals surface area contributed by atoms with E-state index in [0.29, 0.717) is 18.7 Å². The maximum atomic E-state index is 11.7. The summed E-state index contributed by atoms with van der Waals surface area (Å²) in [5, 5.41) is 11.6. The van der Waals surface area contributed by atoms with Gasteiger partial charge in [-0.3, -0.25) is 4.79 Å². The molecule has 0 aliphatic carbocycles. The van der Waals surface area contributed by atoms with Crippen LogP contribution in [-0.2, 0) is 9.53 Å². The van der Waals surface area contributed by atoms with E-state index in [1.165, 1.54) is 0 Å². The Kier molecular flexibility index (Phi) is 5.03. The third kappa shape index (κ3) is 3.37. The normalized spacial score (nSPS) is 11.5. The maximum Gasteiger partial charge on any atom is 0.241 e. The predicted octanol–water partition coefficient (Wildman–Crippen LogP) is 1.06. The molecule has 0 aromatic heterocycles. The largest absolute Gasteiger partial charge is 0.383 e. The van der Waals surface area contributed by atoms with Gasteiger partial charge in [-0.2, -0.15) is 5.26 Å². The molecule has 0 spiro atoms. The number of rotatable bonds is 5. The molecule has 0 heterocycles. The number of benzene rings is 1. The van der Waals surface area contributed by atoms with Crippen molar-refractivity contribution in [2.75, 3.05) is 20.3 Å². The second-order valence-electron chi connectivity index (χ2n) is 3.26. The summed E-state index contributed by atoms with van der Waals surface area (Å²) >= 11 is 0. The van der Waals surface area contributed by atoms with Gasteiger partial charge in [0, 0.05) is 13.7 Å². The maximum absolute atomic E-state index is 11.7. The summed E-state index contributed by atoms with van der Waals surface area (Å²) in [6, 6.07) is 11.0. The Hall–Kier alpha value is -1.86. The molecule has 1 aromatic carbocycles. The molecule has 0 unspecified atom stereocenters. The van der Waals surface area contributed by atoms with Crippen LogP contribution < -0.4 is 5.32 Å². The minimum atomic E-state index is -0.752. The zero-order valence-corrected chi connectivity index (χ0v) is 9.14. The Bertz CT molecular complexity index is 370. The van der Waals surface area contributed by atoms with E-state index < -0.39 is 5.92 Å². The molecule has 4 nitrogen and oxygen atoms in total. The van der Waals surface area contributed by atoms with Crippen LogP contribution in [0.15, 0.2) is 30.3 Å². The Morgan fingerprint density at radius 2 is 2.19 bits per heavy atom. The molecule has 1 aromatic rings. The van der Waals surface area contributed by atoms with E-state index in [-0.39, 0.29) is 5.91 Å². The molecule has 84 valence electrons. The molecule has 1 rings (SSSR count). The number of nitriles is 1. The Morgan fingerprint density at radius 3 is 2.75 bits per heavy atom. The molecular weight excluding hydrogens is 204 g/mol. The zero-order valence-electron chi connectivity index (χ0n) is 9.14. The Labute approximate surface area is 94.8 Å². The van der Waals surface area contributed by atoms with Crippen molar-refractivity contribution >= 4 is 5.91 Å². The quantitative estimate of drug-likeness (QED) is 0.751. The molecule has 0 aliphatic rings. The van der Waals surface area contributed by atoms with Gasteiger partial charge in [-0.15, -0.1) is 0 Å². The highest BCUT2D eigenvalue weighted by Gasteiger charge is 2.18. The Balaban J connectivity index is 2.62. The number of ether oxygens (including phenoxy) is 1. The second kappa shape index (κ2) is 6.59. The third-order valence-electron chi connectivity index (χ3n) is 2.13. The molecule has 0 bridgehead atoms. The second-order valence-corrected chi connectivity index (χ2v) is 3.26. The van der Waals surface area contributed by atoms with E-state index in [2.05, 4.69) is 5.32 Å². The molecule has 1 amide bonds. The lowest BCUT2D eigenvalue weighted by Crippen LogP contribution is -2.31. The number of carbonyl (C=O) groups is 1. The van der Waals surface area contributed by atoms with Gasteiger partial charge >= 0.3 is 0 Å². The van der Waals surface area contributed by atoms with Crippen LogP contribution in [-0.4, -0.2) is 26.2 Å². The van der Waals surface area contributed by atoms with Crippen molar-refractivity contribution in [2.45, 2.75) is 5.92 Å². The van der Waals surface area contributed by atoms with Crippen LogP contribution >= 0.6 is 0 Å². The molecule has 0 saturated heterocycles. The number of hydrogen-bond donors (Lipinski definition) is 1. The van der Waals surface area contributed by atoms with Crippen molar-refractivity contribution in [1.82, 2.24) is 5.32 Å². The van der Waals surface area contributed by atoms with Gasteiger partial charge in [0.25, 0.3) is 0 Å². The van der Waals surface area contributed by atoms with E-state index in [1.54, 1.807) is 19.2 Å². The van der Waals surface area contributed by atoms with Gasteiger partial charge in [0.15, 0.2) is 0 Å². The van der Waals surface area contributed by atoms with Crippen LogP contribution in [0.3, 0.4) is 0 Å². The van der Waals surface area contributed by atoms with Crippen LogP contribution in [0.5, 0.6) is 0 Å². The molecule has 0 radical (unpaired) electrons. The molecule has 16 heavy (non-hydrogen) atoms. The first-order valence-corrected chi connectivity index (χ1v) is 5.00. The van der Waals surface area contributed by atoms with Crippen molar-refractivity contribution in [1.29, 1.82) is 5.26 Å². The van der Waals surface area contributed by atoms with Gasteiger partial charge in [0.1, 0.15) is 5.92 Å². The monoisotopic (exact) mass is 218 g/mol. The first-order chi connectivity index (χ1) is 7.79. The standard InChI is InChI=1S/C12H14N2O2/c1-16-8-7-14-12(15)11(9-13)10-5-3-2-4-6-10/h2-6,11H,7-8H2,1H3,(H,14,15)/t11-/m0/s1. The van der Waals surface area contributed by atoms with E-state index in [4.69, 9.17) is 10.00 Å². The summed E-state index contributed by atoms with van der Waals surface area (Å²) in [6.45, 7) is 0.860. The van der Waals surface area contributed by atoms with Crippen molar-refractivity contribution in [3.8, 4) is 6.07 Å². The van der Waals surface area contributed by atoms with Crippen LogP contribution in [0.2, 0.25) is 0 Å². The van der Waals surface area contributed by atoms with Gasteiger partial charge in [0.05, 0.1) is 12.7 Å². The molecule has 0 fully saturated rings. The predicted molar refractivity (Wildman–Crippen MR) is 59.7 cm³/mol. The Morgan fingerprint density at radius 1 is 1.50 bits per heavy atom. The number of hydrogen-bond acceptors (Lipinski definition) is 3. The van der Waals surface area contributed by atoms with E-state index in [9.17, 15) is 4.79 Å². The van der Waals surface area contributed by atoms with Crippen LogP contribution in [0.1, 0.15) is 11.5 Å². The van der Waals surface area contributed by atoms with Crippen LogP contribution in [0, 0.1) is 11.3 Å². The van der Waals surface area contributed by atoms with Crippen molar-refractivity contribution < 1.29 is 9.53 Å². The van der Waals surface area contributed by atoms with Gasteiger partial charge in [-0.05, 0) is 5.56 Å². The molecule has 1 atom stereocenters. The van der Waals surface area contributed by atoms with E-state index in [0.717, 1.165) is 0 Å². The SMILES string of the molecule is COCCNC(=O)[C@@H](C#N)c1ccccc1. The van der Waals surface area contributed by atoms with Crippen molar-refractivity contribution in [3.63, 3.8) is 0 Å². The smallest absolute Gasteiger partial charge is 0.241 e. The molecule has 1 N–H and O–H groups in total. The fraction of sp³-hybridized carbons (Fsp3) is 0.333. The number of methoxy groups -OCH3 is 1. The first-order valence-electron chi connectivity index (χ1n) is 5.00. The van der Waals surface area contributed by atoms with E-state index in [1.807, 2.05) is 24.3 Å². The average Bonchev–Trinajstić information content (AvgIpc) is 2.32. The number of amides is 1. The van der Waals surface area contributed by atoms with Gasteiger partial charge in [-0.25, -0.2) is 0 Å². The van der Waals surface area contributed by atoms with Crippen LogP contribution in [0.25, 0.3) is 0 Å². The molecule has 4 heteroatoms. The van der Waals surface area contributed by atoms with Gasteiger partial charge in [-0.1, -0.05) is 30.3 Å². The molecular formula is C12H14N2O2. The fourth-order valence-corrected chi connectivity index (χ4v) is 1.31. The highest BCUT2D eigenvalue weighted by atomic mass is 16.5. The summed E-state index contributed by atoms with van der Waals surface area (Å²) in [5.74, 6) is -1.04. The summed E-state index contributed by atoms with van der Waals surface area (Å²) in [4.78, 5) is 11.7. The summed E-state index contributed by atoms with van der Waals surface area (Å²) in [6.07, 6.45) is 0. The summed E-state index contributed by atoms with van der Waals surface area (Å²) in [7, 11) is 1.56. The average molecular weight is 218 g/mol. The minimum absolute atomic E-state index is 0.286. The topological polar surface area (TPSA) is 62.1 Å². The minimum Gasteiger partial charge on any atom is -0.383 e. The lowest BCUT2D eigenvalue weighted by molar-refractivity contribution is -0.121. The number of nitrogens with zero attached hydrogens (tertiary/aromatic N) is 1. The zero-order chi connectivity index (χ0) is 11.8. The lowest BCUT2D eigenvalue weighted by Gasteiger charge is -2.09. The van der Waals surface area contributed by atoms with Gasteiger partial charge < -0.3 is 10.1 Å². The van der Waals surface area contributed by atoms with Crippen molar-refractivity contribution in [3.05, 3.63) is 35.9 Å². The highest BCUT2D eigenvalue weighted by Crippen LogP contribution is 2.14. The lowest BCUT2D eigenvalue weighted by atomic mass is 10.00. The summed E-state index contributed by atoms with van der Waals surface area (Å²) < 4.78 is 4.81. The highest BCUT2D eigenvalue weighted by molar-refractivity contribution is 5.86. The molecule has 0 saturated carbocycles. The number of carbonyl (C=O) groups excluding carboxylic acids is 1. The fourth-order valence-electron chi connectivity index (χ4n) is 1.31.